The summed E-state index contributed by atoms with van der Waals surface area (Å²) in [5.41, 5.74) is -0.0314. The molecule has 1 aromatic carbocycles. The van der Waals surface area contributed by atoms with E-state index < -0.39 is 15.9 Å². The molecule has 7 nitrogen and oxygen atoms in total. The maximum absolute atomic E-state index is 11.7. The highest BCUT2D eigenvalue weighted by Gasteiger charge is 2.11. The fourth-order valence-electron chi connectivity index (χ4n) is 1.35. The van der Waals surface area contributed by atoms with Crippen molar-refractivity contribution in [1.29, 1.82) is 0 Å². The molecule has 1 rings (SSSR count). The maximum Gasteiger partial charge on any atom is 0.255 e. The number of nitrogens with one attached hydrogen (secondary N) is 2. The van der Waals surface area contributed by atoms with Crippen molar-refractivity contribution < 1.29 is 23.4 Å². The van der Waals surface area contributed by atoms with Crippen LogP contribution in [0.25, 0.3) is 0 Å². The van der Waals surface area contributed by atoms with Gasteiger partial charge in [-0.05, 0) is 24.6 Å². The molecule has 1 amide bonds. The molecule has 19 heavy (non-hydrogen) atoms. The highest BCUT2D eigenvalue weighted by Crippen LogP contribution is 2.21. The first-order valence-electron chi connectivity index (χ1n) is 5.54. The first-order valence-corrected chi connectivity index (χ1v) is 7.43. The van der Waals surface area contributed by atoms with Crippen molar-refractivity contribution in [3.63, 3.8) is 0 Å². The fourth-order valence-corrected chi connectivity index (χ4v) is 1.86. The molecular weight excluding hydrogens is 272 g/mol. The number of benzene rings is 1. The molecule has 0 aliphatic carbocycles. The summed E-state index contributed by atoms with van der Waals surface area (Å²) in [5.74, 6) is -0.890. The second kappa shape index (κ2) is 6.39. The first kappa shape index (κ1) is 15.3. The molecule has 0 fully saturated rings. The molecule has 0 atom stereocenters. The molecule has 0 spiro atoms. The lowest BCUT2D eigenvalue weighted by Crippen LogP contribution is -2.29. The highest BCUT2D eigenvalue weighted by atomic mass is 32.2. The van der Waals surface area contributed by atoms with Crippen LogP contribution in [-0.2, 0) is 10.0 Å². The Bertz CT molecular complexity index is 556. The Morgan fingerprint density at radius 1 is 1.26 bits per heavy atom. The minimum absolute atomic E-state index is 0.0314. The van der Waals surface area contributed by atoms with Gasteiger partial charge in [0.2, 0.25) is 10.0 Å². The average Bonchev–Trinajstić information content (AvgIpc) is 2.30. The van der Waals surface area contributed by atoms with E-state index in [1.165, 1.54) is 12.1 Å². The van der Waals surface area contributed by atoms with Crippen LogP contribution in [0.3, 0.4) is 0 Å². The predicted octanol–water partition coefficient (Wildman–Crippen LogP) is -0.233. The van der Waals surface area contributed by atoms with Crippen molar-refractivity contribution in [2.45, 2.75) is 6.42 Å². The van der Waals surface area contributed by atoms with Crippen LogP contribution in [0.15, 0.2) is 18.2 Å². The van der Waals surface area contributed by atoms with Gasteiger partial charge in [0, 0.05) is 13.1 Å². The van der Waals surface area contributed by atoms with Crippen LogP contribution in [-0.4, -0.2) is 43.9 Å². The number of hydrogen-bond donors (Lipinski definition) is 4. The molecule has 106 valence electrons. The number of aromatic hydroxyl groups is 2. The van der Waals surface area contributed by atoms with Crippen LogP contribution in [0.5, 0.6) is 11.5 Å². The van der Waals surface area contributed by atoms with Crippen LogP contribution >= 0.6 is 0 Å². The lowest BCUT2D eigenvalue weighted by atomic mass is 10.1. The lowest BCUT2D eigenvalue weighted by molar-refractivity contribution is 0.0950. The zero-order valence-electron chi connectivity index (χ0n) is 10.4. The number of sulfonamides is 1. The summed E-state index contributed by atoms with van der Waals surface area (Å²) in [6.45, 7) is 0.460. The predicted molar refractivity (Wildman–Crippen MR) is 69.6 cm³/mol. The molecule has 0 bridgehead atoms. The van der Waals surface area contributed by atoms with Gasteiger partial charge >= 0.3 is 0 Å². The van der Waals surface area contributed by atoms with Gasteiger partial charge in [-0.1, -0.05) is 0 Å². The normalized spacial score (nSPS) is 11.2. The van der Waals surface area contributed by atoms with E-state index in [1.54, 1.807) is 0 Å². The molecule has 0 radical (unpaired) electrons. The second-order valence-electron chi connectivity index (χ2n) is 3.98. The number of phenols is 2. The number of carbonyl (C=O) groups is 1. The van der Waals surface area contributed by atoms with Crippen molar-refractivity contribution in [2.24, 2.45) is 0 Å². The molecule has 0 saturated carbocycles. The van der Waals surface area contributed by atoms with Crippen LogP contribution in [0.2, 0.25) is 0 Å². The Balaban J connectivity index is 2.42. The molecule has 0 saturated heterocycles. The average molecular weight is 288 g/mol. The fraction of sp³-hybridized carbons (Fsp3) is 0.364. The minimum atomic E-state index is -3.23. The Kier molecular flexibility index (Phi) is 5.13. The van der Waals surface area contributed by atoms with Gasteiger partial charge in [-0.2, -0.15) is 0 Å². The molecule has 0 aliphatic heterocycles. The van der Waals surface area contributed by atoms with E-state index in [0.717, 1.165) is 12.3 Å². The summed E-state index contributed by atoms with van der Waals surface area (Å²) in [6, 6.07) is 3.64. The number of amides is 1. The summed E-state index contributed by atoms with van der Waals surface area (Å²) in [4.78, 5) is 11.7. The third kappa shape index (κ3) is 5.58. The van der Waals surface area contributed by atoms with Gasteiger partial charge in [0.25, 0.3) is 5.91 Å². The number of phenolic OH excluding ortho intramolecular Hbond substituents is 2. The molecule has 0 aliphatic rings. The molecule has 0 heterocycles. The minimum Gasteiger partial charge on any atom is -0.508 e. The molecule has 1 aromatic rings. The van der Waals surface area contributed by atoms with Crippen molar-refractivity contribution in [2.75, 3.05) is 19.3 Å². The van der Waals surface area contributed by atoms with Gasteiger partial charge in [-0.15, -0.1) is 0 Å². The Hall–Kier alpha value is -1.80. The van der Waals surface area contributed by atoms with E-state index in [1.807, 2.05) is 0 Å². The Labute approximate surface area is 111 Å². The number of rotatable bonds is 6. The Morgan fingerprint density at radius 2 is 1.95 bits per heavy atom. The van der Waals surface area contributed by atoms with E-state index in [-0.39, 0.29) is 30.2 Å². The zero-order valence-corrected chi connectivity index (χ0v) is 11.2. The maximum atomic E-state index is 11.7. The van der Waals surface area contributed by atoms with Gasteiger partial charge in [0.1, 0.15) is 11.5 Å². The van der Waals surface area contributed by atoms with Crippen LogP contribution in [0.4, 0.5) is 0 Å². The van der Waals surface area contributed by atoms with Crippen molar-refractivity contribution in [1.82, 2.24) is 10.0 Å². The zero-order chi connectivity index (χ0) is 14.5. The topological polar surface area (TPSA) is 116 Å². The van der Waals surface area contributed by atoms with E-state index in [4.69, 9.17) is 0 Å². The van der Waals surface area contributed by atoms with Crippen molar-refractivity contribution in [3.05, 3.63) is 23.8 Å². The van der Waals surface area contributed by atoms with Crippen LogP contribution < -0.4 is 10.0 Å². The van der Waals surface area contributed by atoms with Crippen LogP contribution in [0.1, 0.15) is 16.8 Å². The smallest absolute Gasteiger partial charge is 0.255 e. The second-order valence-corrected chi connectivity index (χ2v) is 5.81. The van der Waals surface area contributed by atoms with Crippen molar-refractivity contribution >= 4 is 15.9 Å². The van der Waals surface area contributed by atoms with Gasteiger partial charge < -0.3 is 15.5 Å². The molecule has 8 heteroatoms. The van der Waals surface area contributed by atoms with Gasteiger partial charge in [0.05, 0.1) is 11.8 Å². The van der Waals surface area contributed by atoms with Gasteiger partial charge in [-0.25, -0.2) is 13.1 Å². The summed E-state index contributed by atoms with van der Waals surface area (Å²) < 4.78 is 23.8. The van der Waals surface area contributed by atoms with E-state index in [9.17, 15) is 23.4 Å². The number of carbonyl (C=O) groups excluding carboxylic acids is 1. The monoisotopic (exact) mass is 288 g/mol. The SMILES string of the molecule is CS(=O)(=O)NCCCNC(=O)c1cc(O)ccc1O. The largest absolute Gasteiger partial charge is 0.508 e. The molecule has 0 aromatic heterocycles. The summed E-state index contributed by atoms with van der Waals surface area (Å²) in [5, 5.41) is 21.2. The van der Waals surface area contributed by atoms with E-state index in [2.05, 4.69) is 10.0 Å². The molecule has 4 N–H and O–H groups in total. The third-order valence-corrected chi connectivity index (χ3v) is 2.96. The van der Waals surface area contributed by atoms with Crippen molar-refractivity contribution in [3.8, 4) is 11.5 Å². The lowest BCUT2D eigenvalue weighted by Gasteiger charge is -2.07. The third-order valence-electron chi connectivity index (χ3n) is 2.23. The summed E-state index contributed by atoms with van der Waals surface area (Å²) in [7, 11) is -3.23. The quantitative estimate of drug-likeness (QED) is 0.426. The van der Waals surface area contributed by atoms with Gasteiger partial charge in [-0.3, -0.25) is 4.79 Å². The number of hydrogen-bond acceptors (Lipinski definition) is 5. The molecular formula is C11H16N2O5S. The van der Waals surface area contributed by atoms with E-state index in [0.29, 0.717) is 6.42 Å². The standard InChI is InChI=1S/C11H16N2O5S/c1-19(17,18)13-6-2-5-12-11(16)9-7-8(14)3-4-10(9)15/h3-4,7,13-15H,2,5-6H2,1H3,(H,12,16). The Morgan fingerprint density at radius 3 is 2.58 bits per heavy atom. The summed E-state index contributed by atoms with van der Waals surface area (Å²) in [6.07, 6.45) is 1.47. The summed E-state index contributed by atoms with van der Waals surface area (Å²) >= 11 is 0. The first-order chi connectivity index (χ1) is 8.79. The molecule has 0 unspecified atom stereocenters. The van der Waals surface area contributed by atoms with Crippen LogP contribution in [0, 0.1) is 0 Å². The van der Waals surface area contributed by atoms with E-state index >= 15 is 0 Å². The highest BCUT2D eigenvalue weighted by molar-refractivity contribution is 7.88. The van der Waals surface area contributed by atoms with Gasteiger partial charge in [0.15, 0.2) is 0 Å².